The van der Waals surface area contributed by atoms with Gasteiger partial charge >= 0.3 is 0 Å². The molecule has 1 rings (SSSR count). The third-order valence-electron chi connectivity index (χ3n) is 2.76. The molecular formula is C16H25NO3. The van der Waals surface area contributed by atoms with Gasteiger partial charge in [-0.2, -0.15) is 0 Å². The lowest BCUT2D eigenvalue weighted by molar-refractivity contribution is 0.144. The van der Waals surface area contributed by atoms with Gasteiger partial charge in [-0.3, -0.25) is 0 Å². The van der Waals surface area contributed by atoms with E-state index in [-0.39, 0.29) is 0 Å². The summed E-state index contributed by atoms with van der Waals surface area (Å²) in [7, 11) is 1.65. The summed E-state index contributed by atoms with van der Waals surface area (Å²) < 4.78 is 16.1. The molecule has 4 heteroatoms. The summed E-state index contributed by atoms with van der Waals surface area (Å²) in [5, 5.41) is 3.38. The molecule has 1 N–H and O–H groups in total. The number of rotatable bonds is 11. The summed E-state index contributed by atoms with van der Waals surface area (Å²) in [6, 6.07) is 5.96. The van der Waals surface area contributed by atoms with Crippen molar-refractivity contribution in [2.24, 2.45) is 0 Å². The largest absolute Gasteiger partial charge is 0.493 e. The van der Waals surface area contributed by atoms with E-state index >= 15 is 0 Å². The van der Waals surface area contributed by atoms with Crippen LogP contribution in [0.2, 0.25) is 0 Å². The molecule has 0 aliphatic carbocycles. The molecule has 0 saturated heterocycles. The highest BCUT2D eigenvalue weighted by Crippen LogP contribution is 2.27. The van der Waals surface area contributed by atoms with Gasteiger partial charge in [0.2, 0.25) is 0 Å². The Balaban J connectivity index is 2.40. The molecule has 0 saturated carbocycles. The van der Waals surface area contributed by atoms with Crippen LogP contribution < -0.4 is 14.8 Å². The molecule has 0 heterocycles. The van der Waals surface area contributed by atoms with Crippen LogP contribution in [-0.2, 0) is 11.3 Å². The van der Waals surface area contributed by atoms with Crippen molar-refractivity contribution in [3.8, 4) is 11.5 Å². The first-order valence-corrected chi connectivity index (χ1v) is 7.00. The maximum absolute atomic E-state index is 5.52. The minimum atomic E-state index is 0.478. The van der Waals surface area contributed by atoms with Crippen molar-refractivity contribution in [3.63, 3.8) is 0 Å². The number of methoxy groups -OCH3 is 1. The molecule has 4 nitrogen and oxygen atoms in total. The molecule has 1 aromatic rings. The highest BCUT2D eigenvalue weighted by Gasteiger charge is 2.05. The van der Waals surface area contributed by atoms with Crippen LogP contribution in [0.1, 0.15) is 18.9 Å². The number of nitrogens with one attached hydrogen (secondary N) is 1. The van der Waals surface area contributed by atoms with Crippen molar-refractivity contribution in [1.82, 2.24) is 5.32 Å². The van der Waals surface area contributed by atoms with Crippen LogP contribution in [-0.4, -0.2) is 33.5 Å². The lowest BCUT2D eigenvalue weighted by atomic mass is 10.2. The van der Waals surface area contributed by atoms with E-state index in [1.54, 1.807) is 13.2 Å². The maximum Gasteiger partial charge on any atom is 0.161 e. The van der Waals surface area contributed by atoms with Crippen LogP contribution in [0.5, 0.6) is 11.5 Å². The Bertz CT molecular complexity index is 393. The highest BCUT2D eigenvalue weighted by atomic mass is 16.5. The normalized spacial score (nSPS) is 10.3. The van der Waals surface area contributed by atoms with Crippen LogP contribution in [0, 0.1) is 0 Å². The van der Waals surface area contributed by atoms with Gasteiger partial charge in [-0.25, -0.2) is 0 Å². The molecule has 0 fully saturated rings. The second-order valence-electron chi connectivity index (χ2n) is 4.31. The van der Waals surface area contributed by atoms with Crippen molar-refractivity contribution in [1.29, 1.82) is 0 Å². The molecule has 0 spiro atoms. The molecule has 0 bridgehead atoms. The highest BCUT2D eigenvalue weighted by molar-refractivity contribution is 5.43. The first-order valence-electron chi connectivity index (χ1n) is 7.00. The maximum atomic E-state index is 5.52. The van der Waals surface area contributed by atoms with Crippen molar-refractivity contribution >= 4 is 0 Å². The summed E-state index contributed by atoms with van der Waals surface area (Å²) in [4.78, 5) is 0. The van der Waals surface area contributed by atoms with Crippen molar-refractivity contribution in [2.45, 2.75) is 19.9 Å². The molecule has 0 aliphatic heterocycles. The first kappa shape index (κ1) is 16.5. The topological polar surface area (TPSA) is 39.7 Å². The van der Waals surface area contributed by atoms with Gasteiger partial charge < -0.3 is 19.5 Å². The van der Waals surface area contributed by atoms with Gasteiger partial charge in [0.15, 0.2) is 11.5 Å². The summed E-state index contributed by atoms with van der Waals surface area (Å²) in [6.07, 6.45) is 2.73. The zero-order chi connectivity index (χ0) is 14.6. The van der Waals surface area contributed by atoms with E-state index in [1.807, 2.05) is 25.1 Å². The summed E-state index contributed by atoms with van der Waals surface area (Å²) in [6.45, 7) is 9.46. The van der Waals surface area contributed by atoms with Crippen LogP contribution in [0.4, 0.5) is 0 Å². The van der Waals surface area contributed by atoms with Crippen LogP contribution in [0.25, 0.3) is 0 Å². The fourth-order valence-corrected chi connectivity index (χ4v) is 1.77. The van der Waals surface area contributed by atoms with E-state index in [4.69, 9.17) is 14.2 Å². The number of benzene rings is 1. The Hall–Kier alpha value is -1.52. The standard InChI is InChI=1S/C16H25NO3/c1-4-10-20-15-8-7-14(12-16(15)18-3)13-17-9-6-11-19-5-2/h4,7-8,12,17H,1,5-6,9-11,13H2,2-3H3. The van der Waals surface area contributed by atoms with E-state index in [0.29, 0.717) is 6.61 Å². The van der Waals surface area contributed by atoms with Crippen LogP contribution in [0.3, 0.4) is 0 Å². The third-order valence-corrected chi connectivity index (χ3v) is 2.76. The SMILES string of the molecule is C=CCOc1ccc(CNCCCOCC)cc1OC. The first-order chi connectivity index (χ1) is 9.81. The molecule has 0 amide bonds. The molecular weight excluding hydrogens is 254 g/mol. The average molecular weight is 279 g/mol. The zero-order valence-electron chi connectivity index (χ0n) is 12.5. The lowest BCUT2D eigenvalue weighted by Crippen LogP contribution is -2.16. The Morgan fingerprint density at radius 2 is 2.15 bits per heavy atom. The van der Waals surface area contributed by atoms with E-state index in [0.717, 1.165) is 44.2 Å². The number of hydrogen-bond donors (Lipinski definition) is 1. The van der Waals surface area contributed by atoms with Gasteiger partial charge in [0, 0.05) is 19.8 Å². The summed E-state index contributed by atoms with van der Waals surface area (Å²) in [5.74, 6) is 1.49. The van der Waals surface area contributed by atoms with Gasteiger partial charge in [0.1, 0.15) is 6.61 Å². The third kappa shape index (κ3) is 6.08. The predicted octanol–water partition coefficient (Wildman–Crippen LogP) is 2.78. The second kappa shape index (κ2) is 10.3. The average Bonchev–Trinajstić information content (AvgIpc) is 2.49. The Morgan fingerprint density at radius 3 is 2.85 bits per heavy atom. The minimum absolute atomic E-state index is 0.478. The lowest BCUT2D eigenvalue weighted by Gasteiger charge is -2.11. The van der Waals surface area contributed by atoms with Crippen LogP contribution >= 0.6 is 0 Å². The van der Waals surface area contributed by atoms with E-state index in [1.165, 1.54) is 5.56 Å². The number of hydrogen-bond acceptors (Lipinski definition) is 4. The van der Waals surface area contributed by atoms with Crippen LogP contribution in [0.15, 0.2) is 30.9 Å². The van der Waals surface area contributed by atoms with Gasteiger partial charge in [-0.15, -0.1) is 0 Å². The monoisotopic (exact) mass is 279 g/mol. The predicted molar refractivity (Wildman–Crippen MR) is 81.5 cm³/mol. The van der Waals surface area contributed by atoms with Gasteiger partial charge in [-0.05, 0) is 37.6 Å². The molecule has 20 heavy (non-hydrogen) atoms. The Kier molecular flexibility index (Phi) is 8.51. The smallest absolute Gasteiger partial charge is 0.161 e. The van der Waals surface area contributed by atoms with Gasteiger partial charge in [0.25, 0.3) is 0 Å². The van der Waals surface area contributed by atoms with Gasteiger partial charge in [0.05, 0.1) is 7.11 Å². The molecule has 1 aromatic carbocycles. The molecule has 0 radical (unpaired) electrons. The van der Waals surface area contributed by atoms with Crippen molar-refractivity contribution in [3.05, 3.63) is 36.4 Å². The quantitative estimate of drug-likeness (QED) is 0.499. The Labute approximate surface area is 121 Å². The second-order valence-corrected chi connectivity index (χ2v) is 4.31. The molecule has 0 unspecified atom stereocenters. The molecule has 112 valence electrons. The fraction of sp³-hybridized carbons (Fsp3) is 0.500. The zero-order valence-corrected chi connectivity index (χ0v) is 12.5. The van der Waals surface area contributed by atoms with E-state index < -0.39 is 0 Å². The molecule has 0 atom stereocenters. The van der Waals surface area contributed by atoms with Gasteiger partial charge in [-0.1, -0.05) is 18.7 Å². The summed E-state index contributed by atoms with van der Waals surface area (Å²) >= 11 is 0. The Morgan fingerprint density at radius 1 is 1.30 bits per heavy atom. The number of ether oxygens (including phenoxy) is 3. The van der Waals surface area contributed by atoms with E-state index in [9.17, 15) is 0 Å². The molecule has 0 aromatic heterocycles. The van der Waals surface area contributed by atoms with E-state index in [2.05, 4.69) is 11.9 Å². The summed E-state index contributed by atoms with van der Waals surface area (Å²) in [5.41, 5.74) is 1.17. The minimum Gasteiger partial charge on any atom is -0.493 e. The fourth-order valence-electron chi connectivity index (χ4n) is 1.77. The molecule has 0 aliphatic rings. The van der Waals surface area contributed by atoms with Crippen molar-refractivity contribution < 1.29 is 14.2 Å². The van der Waals surface area contributed by atoms with Crippen molar-refractivity contribution in [2.75, 3.05) is 33.5 Å².